The summed E-state index contributed by atoms with van der Waals surface area (Å²) in [5.41, 5.74) is 7.42. The minimum Gasteiger partial charge on any atom is -0.326 e. The van der Waals surface area contributed by atoms with Crippen LogP contribution < -0.4 is 11.1 Å². The maximum absolute atomic E-state index is 10.9. The summed E-state index contributed by atoms with van der Waals surface area (Å²) in [4.78, 5) is 10.9. The number of nitrogens with one attached hydrogen (secondary N) is 1. The van der Waals surface area contributed by atoms with Crippen LogP contribution >= 0.6 is 0 Å². The highest BCUT2D eigenvalue weighted by molar-refractivity contribution is 5.89. The maximum Gasteiger partial charge on any atom is 0.221 e. The molecule has 0 saturated heterocycles. The van der Waals surface area contributed by atoms with Crippen LogP contribution in [0.2, 0.25) is 0 Å². The quantitative estimate of drug-likeness (QED) is 0.714. The third-order valence-corrected chi connectivity index (χ3v) is 1.88. The fraction of sp³-hybridized carbons (Fsp3) is 0.182. The lowest BCUT2D eigenvalue weighted by Crippen LogP contribution is -2.13. The van der Waals surface area contributed by atoms with E-state index >= 15 is 0 Å². The molecule has 1 aromatic carbocycles. The Morgan fingerprint density at radius 1 is 1.57 bits per heavy atom. The number of hydrogen-bond donors (Lipinski definition) is 2. The lowest BCUT2D eigenvalue weighted by atomic mass is 10.1. The van der Waals surface area contributed by atoms with Crippen molar-refractivity contribution in [2.75, 3.05) is 5.32 Å². The number of hydrogen-bond acceptors (Lipinski definition) is 2. The van der Waals surface area contributed by atoms with E-state index in [1.54, 1.807) is 6.08 Å². The summed E-state index contributed by atoms with van der Waals surface area (Å²) in [6.45, 7) is 5.09. The van der Waals surface area contributed by atoms with Gasteiger partial charge in [-0.3, -0.25) is 4.79 Å². The molecule has 1 rings (SSSR count). The maximum atomic E-state index is 10.9. The van der Waals surface area contributed by atoms with E-state index in [0.717, 1.165) is 11.3 Å². The van der Waals surface area contributed by atoms with Gasteiger partial charge in [0.05, 0.1) is 0 Å². The van der Waals surface area contributed by atoms with Crippen LogP contribution in [0.3, 0.4) is 0 Å². The smallest absolute Gasteiger partial charge is 0.221 e. The SMILES string of the molecule is C=CC(N)c1ccccc1NC(C)=O. The first-order chi connectivity index (χ1) is 6.65. The van der Waals surface area contributed by atoms with Crippen LogP contribution in [0, 0.1) is 0 Å². The second-order valence-electron chi connectivity index (χ2n) is 3.03. The summed E-state index contributed by atoms with van der Waals surface area (Å²) in [7, 11) is 0. The number of amides is 1. The fourth-order valence-electron chi connectivity index (χ4n) is 1.22. The molecule has 3 N–H and O–H groups in total. The van der Waals surface area contributed by atoms with Crippen molar-refractivity contribution >= 4 is 11.6 Å². The third-order valence-electron chi connectivity index (χ3n) is 1.88. The first kappa shape index (κ1) is 10.5. The minimum absolute atomic E-state index is 0.103. The van der Waals surface area contributed by atoms with Crippen LogP contribution in [0.1, 0.15) is 18.5 Å². The topological polar surface area (TPSA) is 55.1 Å². The van der Waals surface area contributed by atoms with Crippen LogP contribution in [0.25, 0.3) is 0 Å². The van der Waals surface area contributed by atoms with Crippen molar-refractivity contribution in [3.05, 3.63) is 42.5 Å². The summed E-state index contributed by atoms with van der Waals surface area (Å²) in [6, 6.07) is 7.17. The Bertz CT molecular complexity index is 347. The van der Waals surface area contributed by atoms with Gasteiger partial charge in [0.25, 0.3) is 0 Å². The Morgan fingerprint density at radius 2 is 2.21 bits per heavy atom. The van der Waals surface area contributed by atoms with Crippen molar-refractivity contribution in [2.24, 2.45) is 5.73 Å². The van der Waals surface area contributed by atoms with Crippen molar-refractivity contribution < 1.29 is 4.79 Å². The number of nitrogens with two attached hydrogens (primary N) is 1. The number of anilines is 1. The van der Waals surface area contributed by atoms with Gasteiger partial charge < -0.3 is 11.1 Å². The normalized spacial score (nSPS) is 11.9. The van der Waals surface area contributed by atoms with E-state index < -0.39 is 0 Å². The monoisotopic (exact) mass is 190 g/mol. The van der Waals surface area contributed by atoms with Gasteiger partial charge in [0.1, 0.15) is 0 Å². The molecule has 1 amide bonds. The molecule has 0 aromatic heterocycles. The summed E-state index contributed by atoms with van der Waals surface area (Å²) < 4.78 is 0. The average Bonchev–Trinajstić information content (AvgIpc) is 2.16. The molecule has 1 unspecified atom stereocenters. The Kier molecular flexibility index (Phi) is 3.42. The minimum atomic E-state index is -0.252. The van der Waals surface area contributed by atoms with Gasteiger partial charge in [0.2, 0.25) is 5.91 Å². The first-order valence-electron chi connectivity index (χ1n) is 4.40. The largest absolute Gasteiger partial charge is 0.326 e. The molecule has 0 saturated carbocycles. The molecular formula is C11H14N2O. The van der Waals surface area contributed by atoms with Gasteiger partial charge in [0, 0.05) is 18.7 Å². The summed E-state index contributed by atoms with van der Waals surface area (Å²) in [6.07, 6.45) is 1.64. The highest BCUT2D eigenvalue weighted by Gasteiger charge is 2.07. The zero-order valence-corrected chi connectivity index (χ0v) is 8.16. The van der Waals surface area contributed by atoms with Gasteiger partial charge >= 0.3 is 0 Å². The van der Waals surface area contributed by atoms with Gasteiger partial charge in [-0.1, -0.05) is 24.3 Å². The Hall–Kier alpha value is -1.61. The van der Waals surface area contributed by atoms with E-state index in [0.29, 0.717) is 0 Å². The molecule has 3 heteroatoms. The number of para-hydroxylation sites is 1. The Labute approximate surface area is 83.6 Å². The third kappa shape index (κ3) is 2.44. The first-order valence-corrected chi connectivity index (χ1v) is 4.40. The highest BCUT2D eigenvalue weighted by atomic mass is 16.1. The second kappa shape index (κ2) is 4.58. The summed E-state index contributed by atoms with van der Waals surface area (Å²) in [5, 5.41) is 2.72. The zero-order chi connectivity index (χ0) is 10.6. The van der Waals surface area contributed by atoms with Crippen molar-refractivity contribution in [3.63, 3.8) is 0 Å². The molecule has 3 nitrogen and oxygen atoms in total. The molecule has 0 aliphatic heterocycles. The van der Waals surface area contributed by atoms with Crippen LogP contribution in [-0.4, -0.2) is 5.91 Å². The van der Waals surface area contributed by atoms with E-state index in [2.05, 4.69) is 11.9 Å². The van der Waals surface area contributed by atoms with Gasteiger partial charge in [-0.2, -0.15) is 0 Å². The Morgan fingerprint density at radius 3 is 2.79 bits per heavy atom. The van der Waals surface area contributed by atoms with Gasteiger partial charge in [-0.15, -0.1) is 6.58 Å². The summed E-state index contributed by atoms with van der Waals surface area (Å²) >= 11 is 0. The molecule has 0 bridgehead atoms. The average molecular weight is 190 g/mol. The van der Waals surface area contributed by atoms with Crippen molar-refractivity contribution in [1.29, 1.82) is 0 Å². The van der Waals surface area contributed by atoms with Crippen molar-refractivity contribution in [1.82, 2.24) is 0 Å². The predicted octanol–water partition coefficient (Wildman–Crippen LogP) is 1.83. The molecule has 0 radical (unpaired) electrons. The number of carbonyl (C=O) groups is 1. The van der Waals surface area contributed by atoms with Gasteiger partial charge in [0.15, 0.2) is 0 Å². The molecular weight excluding hydrogens is 176 g/mol. The van der Waals surface area contributed by atoms with Crippen LogP contribution in [0.5, 0.6) is 0 Å². The number of benzene rings is 1. The van der Waals surface area contributed by atoms with Crippen LogP contribution in [0.4, 0.5) is 5.69 Å². The lowest BCUT2D eigenvalue weighted by molar-refractivity contribution is -0.114. The zero-order valence-electron chi connectivity index (χ0n) is 8.16. The molecule has 0 spiro atoms. The van der Waals surface area contributed by atoms with E-state index in [9.17, 15) is 4.79 Å². The standard InChI is InChI=1S/C11H14N2O/c1-3-10(12)9-6-4-5-7-11(9)13-8(2)14/h3-7,10H,1,12H2,2H3,(H,13,14). The highest BCUT2D eigenvalue weighted by Crippen LogP contribution is 2.21. The molecule has 0 fully saturated rings. The van der Waals surface area contributed by atoms with E-state index in [-0.39, 0.29) is 11.9 Å². The molecule has 1 atom stereocenters. The Balaban J connectivity index is 3.02. The predicted molar refractivity (Wildman–Crippen MR) is 57.9 cm³/mol. The van der Waals surface area contributed by atoms with Crippen molar-refractivity contribution in [2.45, 2.75) is 13.0 Å². The number of carbonyl (C=O) groups excluding carboxylic acids is 1. The van der Waals surface area contributed by atoms with E-state index in [4.69, 9.17) is 5.73 Å². The lowest BCUT2D eigenvalue weighted by Gasteiger charge is -2.12. The van der Waals surface area contributed by atoms with Gasteiger partial charge in [-0.25, -0.2) is 0 Å². The van der Waals surface area contributed by atoms with Gasteiger partial charge in [-0.05, 0) is 11.6 Å². The number of rotatable bonds is 3. The molecule has 0 aliphatic rings. The second-order valence-corrected chi connectivity index (χ2v) is 3.03. The molecule has 1 aromatic rings. The molecule has 14 heavy (non-hydrogen) atoms. The fourth-order valence-corrected chi connectivity index (χ4v) is 1.22. The van der Waals surface area contributed by atoms with E-state index in [1.165, 1.54) is 6.92 Å². The molecule has 0 heterocycles. The molecule has 74 valence electrons. The van der Waals surface area contributed by atoms with Crippen LogP contribution in [0.15, 0.2) is 36.9 Å². The molecule has 0 aliphatic carbocycles. The van der Waals surface area contributed by atoms with Crippen molar-refractivity contribution in [3.8, 4) is 0 Å². The summed E-state index contributed by atoms with van der Waals surface area (Å²) in [5.74, 6) is -0.103. The van der Waals surface area contributed by atoms with Crippen LogP contribution in [-0.2, 0) is 4.79 Å². The van der Waals surface area contributed by atoms with E-state index in [1.807, 2.05) is 24.3 Å².